The van der Waals surface area contributed by atoms with Crippen LogP contribution < -0.4 is 5.32 Å². The maximum Gasteiger partial charge on any atom is 0.0435 e. The maximum absolute atomic E-state index is 6.14. The lowest BCUT2D eigenvalue weighted by Crippen LogP contribution is -2.23. The van der Waals surface area contributed by atoms with Crippen LogP contribution in [0.15, 0.2) is 36.4 Å². The molecule has 0 fully saturated rings. The van der Waals surface area contributed by atoms with Gasteiger partial charge in [0.05, 0.1) is 0 Å². The predicted octanol–water partition coefficient (Wildman–Crippen LogP) is 5.16. The van der Waals surface area contributed by atoms with Crippen molar-refractivity contribution in [3.05, 3.63) is 69.2 Å². The van der Waals surface area contributed by atoms with Crippen molar-refractivity contribution in [1.82, 2.24) is 5.32 Å². The van der Waals surface area contributed by atoms with Crippen LogP contribution >= 0.6 is 11.6 Å². The molecule has 0 aliphatic carbocycles. The number of hydrogen-bond acceptors (Lipinski definition) is 1. The van der Waals surface area contributed by atoms with Gasteiger partial charge in [0.15, 0.2) is 0 Å². The lowest BCUT2D eigenvalue weighted by molar-refractivity contribution is 0.549. The highest BCUT2D eigenvalue weighted by Crippen LogP contribution is 2.24. The van der Waals surface area contributed by atoms with Crippen LogP contribution in [-0.2, 0) is 6.42 Å². The molecule has 0 amide bonds. The maximum atomic E-state index is 6.14. The molecule has 0 spiro atoms. The summed E-state index contributed by atoms with van der Waals surface area (Å²) >= 11 is 6.14. The summed E-state index contributed by atoms with van der Waals surface area (Å²) in [6.07, 6.45) is 0.996. The van der Waals surface area contributed by atoms with E-state index < -0.39 is 0 Å². The van der Waals surface area contributed by atoms with E-state index in [-0.39, 0.29) is 0 Å². The Kier molecular flexibility index (Phi) is 5.44. The smallest absolute Gasteiger partial charge is 0.0435 e. The van der Waals surface area contributed by atoms with Gasteiger partial charge in [0.2, 0.25) is 0 Å². The van der Waals surface area contributed by atoms with E-state index in [9.17, 15) is 0 Å². The number of benzene rings is 2. The summed E-state index contributed by atoms with van der Waals surface area (Å²) in [5, 5.41) is 4.42. The lowest BCUT2D eigenvalue weighted by Gasteiger charge is -2.20. The van der Waals surface area contributed by atoms with Gasteiger partial charge < -0.3 is 5.32 Å². The summed E-state index contributed by atoms with van der Waals surface area (Å²) in [6.45, 7) is 9.50. The molecule has 0 aliphatic rings. The molecule has 2 rings (SSSR count). The van der Waals surface area contributed by atoms with Gasteiger partial charge in [0.25, 0.3) is 0 Å². The fraction of sp³-hybridized carbons (Fsp3) is 0.368. The number of hydrogen-bond donors (Lipinski definition) is 1. The first kappa shape index (κ1) is 16.1. The SMILES string of the molecule is CCNC(Cc1ccc(C)c(C)c1)c1ccc(Cl)c(C)c1. The van der Waals surface area contributed by atoms with E-state index in [1.54, 1.807) is 0 Å². The number of halogens is 1. The molecule has 1 atom stereocenters. The second-order valence-corrected chi connectivity index (χ2v) is 6.15. The molecular weight excluding hydrogens is 278 g/mol. The Morgan fingerprint density at radius 2 is 1.71 bits per heavy atom. The molecule has 0 heterocycles. The van der Waals surface area contributed by atoms with Crippen LogP contribution in [0.2, 0.25) is 5.02 Å². The van der Waals surface area contributed by atoms with Crippen LogP contribution in [0.5, 0.6) is 0 Å². The average molecular weight is 302 g/mol. The molecule has 2 aromatic rings. The third-order valence-electron chi connectivity index (χ3n) is 4.05. The van der Waals surface area contributed by atoms with E-state index in [0.29, 0.717) is 6.04 Å². The second kappa shape index (κ2) is 7.11. The van der Waals surface area contributed by atoms with Gasteiger partial charge in [0.1, 0.15) is 0 Å². The molecule has 0 aromatic heterocycles. The second-order valence-electron chi connectivity index (χ2n) is 5.74. The van der Waals surface area contributed by atoms with Crippen molar-refractivity contribution in [2.24, 2.45) is 0 Å². The highest BCUT2D eigenvalue weighted by Gasteiger charge is 2.12. The van der Waals surface area contributed by atoms with Crippen LogP contribution in [0.1, 0.15) is 40.8 Å². The highest BCUT2D eigenvalue weighted by atomic mass is 35.5. The van der Waals surface area contributed by atoms with Crippen LogP contribution in [0, 0.1) is 20.8 Å². The normalized spacial score (nSPS) is 12.4. The number of likely N-dealkylation sites (N-methyl/N-ethyl adjacent to an activating group) is 1. The molecule has 1 unspecified atom stereocenters. The molecule has 0 aliphatic heterocycles. The van der Waals surface area contributed by atoms with E-state index in [1.807, 2.05) is 6.07 Å². The van der Waals surface area contributed by atoms with Gasteiger partial charge in [-0.25, -0.2) is 0 Å². The molecule has 0 saturated carbocycles. The fourth-order valence-electron chi connectivity index (χ4n) is 2.61. The quantitative estimate of drug-likeness (QED) is 0.804. The van der Waals surface area contributed by atoms with Gasteiger partial charge in [-0.2, -0.15) is 0 Å². The zero-order valence-electron chi connectivity index (χ0n) is 13.3. The summed E-state index contributed by atoms with van der Waals surface area (Å²) in [5.74, 6) is 0. The van der Waals surface area contributed by atoms with E-state index in [2.05, 4.69) is 63.3 Å². The summed E-state index contributed by atoms with van der Waals surface area (Å²) < 4.78 is 0. The Morgan fingerprint density at radius 1 is 0.952 bits per heavy atom. The van der Waals surface area contributed by atoms with Crippen LogP contribution in [-0.4, -0.2) is 6.54 Å². The van der Waals surface area contributed by atoms with Crippen molar-refractivity contribution in [2.45, 2.75) is 40.2 Å². The monoisotopic (exact) mass is 301 g/mol. The van der Waals surface area contributed by atoms with Crippen molar-refractivity contribution in [2.75, 3.05) is 6.54 Å². The number of aryl methyl sites for hydroxylation is 3. The molecular formula is C19H24ClN. The third-order valence-corrected chi connectivity index (χ3v) is 4.47. The van der Waals surface area contributed by atoms with Gasteiger partial charge in [-0.05, 0) is 67.6 Å². The highest BCUT2D eigenvalue weighted by molar-refractivity contribution is 6.31. The minimum absolute atomic E-state index is 0.327. The minimum atomic E-state index is 0.327. The molecule has 1 N–H and O–H groups in total. The van der Waals surface area contributed by atoms with Crippen LogP contribution in [0.3, 0.4) is 0 Å². The molecule has 0 saturated heterocycles. The van der Waals surface area contributed by atoms with Gasteiger partial charge in [0, 0.05) is 11.1 Å². The van der Waals surface area contributed by atoms with E-state index >= 15 is 0 Å². The lowest BCUT2D eigenvalue weighted by atomic mass is 9.95. The Labute approximate surface area is 133 Å². The molecule has 21 heavy (non-hydrogen) atoms. The molecule has 0 bridgehead atoms. The van der Waals surface area contributed by atoms with Crippen LogP contribution in [0.25, 0.3) is 0 Å². The summed E-state index contributed by atoms with van der Waals surface area (Å²) in [4.78, 5) is 0. The summed E-state index contributed by atoms with van der Waals surface area (Å²) in [6, 6.07) is 13.4. The van der Waals surface area contributed by atoms with E-state index in [0.717, 1.165) is 23.6 Å². The standard InChI is InChI=1S/C19H24ClN/c1-5-21-19(17-8-9-18(20)15(4)11-17)12-16-7-6-13(2)14(3)10-16/h6-11,19,21H,5,12H2,1-4H3. The molecule has 0 radical (unpaired) electrons. The average Bonchev–Trinajstić information content (AvgIpc) is 2.45. The Bertz CT molecular complexity index is 619. The molecule has 2 heteroatoms. The molecule has 112 valence electrons. The zero-order chi connectivity index (χ0) is 15.4. The van der Waals surface area contributed by atoms with Gasteiger partial charge in [-0.15, -0.1) is 0 Å². The summed E-state index contributed by atoms with van der Waals surface area (Å²) in [7, 11) is 0. The topological polar surface area (TPSA) is 12.0 Å². The van der Waals surface area contributed by atoms with E-state index in [4.69, 9.17) is 11.6 Å². The van der Waals surface area contributed by atoms with Crippen LogP contribution in [0.4, 0.5) is 0 Å². The first-order chi connectivity index (χ1) is 10.0. The third kappa shape index (κ3) is 4.09. The van der Waals surface area contributed by atoms with Crippen molar-refractivity contribution in [1.29, 1.82) is 0 Å². The largest absolute Gasteiger partial charge is 0.310 e. The van der Waals surface area contributed by atoms with Gasteiger partial charge in [-0.1, -0.05) is 48.9 Å². The fourth-order valence-corrected chi connectivity index (χ4v) is 2.72. The van der Waals surface area contributed by atoms with Gasteiger partial charge >= 0.3 is 0 Å². The van der Waals surface area contributed by atoms with Gasteiger partial charge in [-0.3, -0.25) is 0 Å². The molecule has 1 nitrogen and oxygen atoms in total. The Balaban J connectivity index is 2.25. The summed E-state index contributed by atoms with van der Waals surface area (Å²) in [5.41, 5.74) is 6.52. The predicted molar refractivity (Wildman–Crippen MR) is 92.2 cm³/mol. The first-order valence-electron chi connectivity index (χ1n) is 7.56. The van der Waals surface area contributed by atoms with Crippen molar-refractivity contribution in [3.8, 4) is 0 Å². The Hall–Kier alpha value is -1.31. The number of rotatable bonds is 5. The van der Waals surface area contributed by atoms with Crippen molar-refractivity contribution >= 4 is 11.6 Å². The minimum Gasteiger partial charge on any atom is -0.310 e. The van der Waals surface area contributed by atoms with Crippen molar-refractivity contribution in [3.63, 3.8) is 0 Å². The van der Waals surface area contributed by atoms with Crippen molar-refractivity contribution < 1.29 is 0 Å². The first-order valence-corrected chi connectivity index (χ1v) is 7.94. The zero-order valence-corrected chi connectivity index (χ0v) is 14.1. The number of nitrogens with one attached hydrogen (secondary N) is 1. The molecule has 2 aromatic carbocycles. The Morgan fingerprint density at radius 3 is 2.33 bits per heavy atom. The van der Waals surface area contributed by atoms with E-state index in [1.165, 1.54) is 22.3 Å².